The Balaban J connectivity index is 1.84. The van der Waals surface area contributed by atoms with Gasteiger partial charge in [0.1, 0.15) is 11.6 Å². The Bertz CT molecular complexity index is 677. The molecule has 0 saturated carbocycles. The summed E-state index contributed by atoms with van der Waals surface area (Å²) in [5.74, 6) is 1.01. The first-order chi connectivity index (χ1) is 12.2. The van der Waals surface area contributed by atoms with Gasteiger partial charge in [-0.2, -0.15) is 0 Å². The molecule has 25 heavy (non-hydrogen) atoms. The minimum atomic E-state index is -0.312. The van der Waals surface area contributed by atoms with Crippen LogP contribution < -0.4 is 15.8 Å². The molecule has 1 aromatic carbocycles. The lowest BCUT2D eigenvalue weighted by Gasteiger charge is -2.07. The van der Waals surface area contributed by atoms with Crippen LogP contribution in [0.25, 0.3) is 0 Å². The van der Waals surface area contributed by atoms with Gasteiger partial charge < -0.3 is 20.5 Å². The number of aliphatic imine (C=N–C) groups is 1. The van der Waals surface area contributed by atoms with Gasteiger partial charge in [0.15, 0.2) is 5.96 Å². The van der Waals surface area contributed by atoms with Crippen molar-refractivity contribution < 1.29 is 13.9 Å². The van der Waals surface area contributed by atoms with Crippen LogP contribution in [0.4, 0.5) is 4.39 Å². The number of nitrogens with two attached hydrogens (primary N) is 1. The molecular weight excluding hydrogens is 323 g/mol. The van der Waals surface area contributed by atoms with E-state index in [0.717, 1.165) is 12.0 Å². The lowest BCUT2D eigenvalue weighted by Crippen LogP contribution is -2.32. The van der Waals surface area contributed by atoms with Crippen molar-refractivity contribution in [3.05, 3.63) is 54.0 Å². The van der Waals surface area contributed by atoms with Crippen molar-refractivity contribution in [3.8, 4) is 11.6 Å². The quantitative estimate of drug-likeness (QED) is 0.414. The maximum atomic E-state index is 12.9. The Hall–Kier alpha value is -2.67. The van der Waals surface area contributed by atoms with Gasteiger partial charge in [-0.05, 0) is 49.2 Å². The van der Waals surface area contributed by atoms with Crippen LogP contribution >= 0.6 is 0 Å². The zero-order valence-electron chi connectivity index (χ0n) is 14.2. The van der Waals surface area contributed by atoms with Crippen LogP contribution in [0.1, 0.15) is 18.9 Å². The van der Waals surface area contributed by atoms with E-state index in [4.69, 9.17) is 15.2 Å². The number of ether oxygens (including phenoxy) is 2. The first-order valence-electron chi connectivity index (χ1n) is 8.17. The minimum Gasteiger partial charge on any atom is -0.439 e. The molecule has 0 saturated heterocycles. The van der Waals surface area contributed by atoms with Crippen molar-refractivity contribution >= 4 is 5.96 Å². The molecule has 1 heterocycles. The second kappa shape index (κ2) is 10.2. The zero-order valence-corrected chi connectivity index (χ0v) is 14.2. The van der Waals surface area contributed by atoms with Gasteiger partial charge in [-0.1, -0.05) is 0 Å². The van der Waals surface area contributed by atoms with E-state index in [1.807, 2.05) is 13.0 Å². The summed E-state index contributed by atoms with van der Waals surface area (Å²) >= 11 is 0. The average molecular weight is 346 g/mol. The number of pyridine rings is 1. The van der Waals surface area contributed by atoms with Crippen molar-refractivity contribution in [1.82, 2.24) is 10.3 Å². The number of rotatable bonds is 9. The zero-order chi connectivity index (χ0) is 17.9. The molecule has 3 N–H and O–H groups in total. The highest BCUT2D eigenvalue weighted by Gasteiger charge is 2.01. The van der Waals surface area contributed by atoms with Crippen LogP contribution in [0.3, 0.4) is 0 Å². The summed E-state index contributed by atoms with van der Waals surface area (Å²) in [5, 5.41) is 3.04. The van der Waals surface area contributed by atoms with Crippen molar-refractivity contribution in [2.24, 2.45) is 10.7 Å². The molecule has 0 atom stereocenters. The van der Waals surface area contributed by atoms with E-state index in [1.165, 1.54) is 12.1 Å². The van der Waals surface area contributed by atoms with E-state index in [1.54, 1.807) is 24.4 Å². The van der Waals surface area contributed by atoms with Gasteiger partial charge in [0.05, 0.1) is 6.54 Å². The third-order valence-corrected chi connectivity index (χ3v) is 3.24. The molecule has 7 heteroatoms. The Morgan fingerprint density at radius 2 is 2.08 bits per heavy atom. The molecule has 6 nitrogen and oxygen atoms in total. The summed E-state index contributed by atoms with van der Waals surface area (Å²) in [5.41, 5.74) is 6.74. The van der Waals surface area contributed by atoms with E-state index >= 15 is 0 Å². The standard InChI is InChI=1S/C18H23FN4O2/c1-2-24-11-3-9-22-18(20)23-13-14-8-10-21-17(12-14)25-16-6-4-15(19)5-7-16/h4-8,10,12H,2-3,9,11,13H2,1H3,(H3,20,22,23). The molecule has 134 valence electrons. The van der Waals surface area contributed by atoms with Gasteiger partial charge in [-0.15, -0.1) is 0 Å². The third-order valence-electron chi connectivity index (χ3n) is 3.24. The van der Waals surface area contributed by atoms with Gasteiger partial charge in [-0.3, -0.25) is 0 Å². The lowest BCUT2D eigenvalue weighted by molar-refractivity contribution is 0.145. The number of halogens is 1. The summed E-state index contributed by atoms with van der Waals surface area (Å²) in [7, 11) is 0. The molecule has 0 aliphatic rings. The van der Waals surface area contributed by atoms with Gasteiger partial charge in [-0.25, -0.2) is 14.4 Å². The minimum absolute atomic E-state index is 0.312. The van der Waals surface area contributed by atoms with Crippen LogP contribution in [0.2, 0.25) is 0 Å². The van der Waals surface area contributed by atoms with E-state index in [9.17, 15) is 4.39 Å². The number of hydrogen-bond donors (Lipinski definition) is 2. The maximum Gasteiger partial charge on any atom is 0.219 e. The number of nitrogens with zero attached hydrogens (tertiary/aromatic N) is 2. The van der Waals surface area contributed by atoms with E-state index < -0.39 is 0 Å². The predicted molar refractivity (Wildman–Crippen MR) is 95.2 cm³/mol. The van der Waals surface area contributed by atoms with Gasteiger partial charge >= 0.3 is 0 Å². The first-order valence-corrected chi connectivity index (χ1v) is 8.17. The van der Waals surface area contributed by atoms with Crippen molar-refractivity contribution in [2.75, 3.05) is 19.8 Å². The van der Waals surface area contributed by atoms with E-state index in [0.29, 0.717) is 43.9 Å². The van der Waals surface area contributed by atoms with Crippen LogP contribution in [0.15, 0.2) is 47.6 Å². The SMILES string of the molecule is CCOCCCNC(N)=NCc1ccnc(Oc2ccc(F)cc2)c1. The number of benzene rings is 1. The van der Waals surface area contributed by atoms with E-state index in [2.05, 4.69) is 15.3 Å². The average Bonchev–Trinajstić information content (AvgIpc) is 2.62. The van der Waals surface area contributed by atoms with Crippen LogP contribution in [0.5, 0.6) is 11.6 Å². The van der Waals surface area contributed by atoms with Gasteiger partial charge in [0.25, 0.3) is 0 Å². The first kappa shape index (κ1) is 18.7. The number of guanidine groups is 1. The fourth-order valence-electron chi connectivity index (χ4n) is 2.00. The Morgan fingerprint density at radius 1 is 1.28 bits per heavy atom. The predicted octanol–water partition coefficient (Wildman–Crippen LogP) is 2.84. The molecule has 0 fully saturated rings. The monoisotopic (exact) mass is 346 g/mol. The topological polar surface area (TPSA) is 81.8 Å². The Labute approximate surface area is 146 Å². The summed E-state index contributed by atoms with van der Waals surface area (Å²) < 4.78 is 23.8. The summed E-state index contributed by atoms with van der Waals surface area (Å²) in [6.45, 7) is 4.50. The fraction of sp³-hybridized carbons (Fsp3) is 0.333. The third kappa shape index (κ3) is 7.17. The number of nitrogens with one attached hydrogen (secondary N) is 1. The molecule has 0 amide bonds. The number of hydrogen-bond acceptors (Lipinski definition) is 4. The van der Waals surface area contributed by atoms with Crippen molar-refractivity contribution in [3.63, 3.8) is 0 Å². The lowest BCUT2D eigenvalue weighted by atomic mass is 10.2. The highest BCUT2D eigenvalue weighted by atomic mass is 19.1. The highest BCUT2D eigenvalue weighted by Crippen LogP contribution is 2.20. The smallest absolute Gasteiger partial charge is 0.219 e. The summed E-state index contributed by atoms with van der Waals surface area (Å²) in [6.07, 6.45) is 2.50. The second-order valence-corrected chi connectivity index (χ2v) is 5.24. The molecule has 0 aliphatic carbocycles. The molecular formula is C18H23FN4O2. The van der Waals surface area contributed by atoms with Crippen molar-refractivity contribution in [2.45, 2.75) is 19.9 Å². The molecule has 1 aromatic heterocycles. The highest BCUT2D eigenvalue weighted by molar-refractivity contribution is 5.77. The van der Waals surface area contributed by atoms with Gasteiger partial charge in [0, 0.05) is 32.0 Å². The molecule has 0 radical (unpaired) electrons. The molecule has 2 rings (SSSR count). The molecule has 0 unspecified atom stereocenters. The fourth-order valence-corrected chi connectivity index (χ4v) is 2.00. The van der Waals surface area contributed by atoms with Crippen LogP contribution in [-0.4, -0.2) is 30.7 Å². The van der Waals surface area contributed by atoms with E-state index in [-0.39, 0.29) is 5.82 Å². The molecule has 0 spiro atoms. The summed E-state index contributed by atoms with van der Waals surface area (Å²) in [6, 6.07) is 9.37. The summed E-state index contributed by atoms with van der Waals surface area (Å²) in [4.78, 5) is 8.42. The largest absolute Gasteiger partial charge is 0.439 e. The Morgan fingerprint density at radius 3 is 2.84 bits per heavy atom. The number of aromatic nitrogens is 1. The Kier molecular flexibility index (Phi) is 7.65. The molecule has 0 aliphatic heterocycles. The molecule has 2 aromatic rings. The normalized spacial score (nSPS) is 11.4. The van der Waals surface area contributed by atoms with Crippen molar-refractivity contribution in [1.29, 1.82) is 0 Å². The maximum absolute atomic E-state index is 12.9. The van der Waals surface area contributed by atoms with Crippen LogP contribution in [-0.2, 0) is 11.3 Å². The van der Waals surface area contributed by atoms with Crippen LogP contribution in [0, 0.1) is 5.82 Å². The van der Waals surface area contributed by atoms with Gasteiger partial charge in [0.2, 0.25) is 5.88 Å². The second-order valence-electron chi connectivity index (χ2n) is 5.24. The molecule has 0 bridgehead atoms.